The smallest absolute Gasteiger partial charge is 0.379 e. The number of carbonyl (C=O) groups is 2. The summed E-state index contributed by atoms with van der Waals surface area (Å²) in [5, 5.41) is 0.531. The van der Waals surface area contributed by atoms with Crippen molar-refractivity contribution < 1.29 is 14.3 Å². The largest absolute Gasteiger partial charge is 0.463 e. The molecular formula is C10H9ClO3. The van der Waals surface area contributed by atoms with E-state index in [1.54, 1.807) is 19.1 Å². The van der Waals surface area contributed by atoms with Crippen molar-refractivity contribution in [3.63, 3.8) is 0 Å². The van der Waals surface area contributed by atoms with Crippen molar-refractivity contribution in [1.29, 1.82) is 0 Å². The Morgan fingerprint density at radius 2 is 2.00 bits per heavy atom. The third-order valence-corrected chi connectivity index (χ3v) is 2.04. The van der Waals surface area contributed by atoms with E-state index in [4.69, 9.17) is 11.6 Å². The molecular weight excluding hydrogens is 204 g/mol. The molecule has 1 aromatic carbocycles. The number of hydrogen-bond acceptors (Lipinski definition) is 3. The van der Waals surface area contributed by atoms with Gasteiger partial charge in [-0.25, -0.2) is 4.79 Å². The van der Waals surface area contributed by atoms with E-state index < -0.39 is 11.8 Å². The molecule has 0 bridgehead atoms. The van der Waals surface area contributed by atoms with Crippen molar-refractivity contribution in [1.82, 2.24) is 0 Å². The first kappa shape index (κ1) is 10.7. The first-order chi connectivity index (χ1) is 6.56. The lowest BCUT2D eigenvalue weighted by molar-refractivity contribution is -0.135. The average Bonchev–Trinajstić information content (AvgIpc) is 2.15. The molecule has 0 aliphatic rings. The van der Waals surface area contributed by atoms with E-state index in [9.17, 15) is 9.59 Å². The Bertz CT molecular complexity index is 385. The summed E-state index contributed by atoms with van der Waals surface area (Å²) in [6.07, 6.45) is 0. The highest BCUT2D eigenvalue weighted by atomic mass is 35.5. The number of ketones is 1. The molecule has 4 heteroatoms. The van der Waals surface area contributed by atoms with Crippen LogP contribution in [0.25, 0.3) is 0 Å². The highest BCUT2D eigenvalue weighted by molar-refractivity contribution is 6.41. The number of halogens is 1. The summed E-state index contributed by atoms with van der Waals surface area (Å²) in [5.74, 6) is -1.52. The quantitative estimate of drug-likeness (QED) is 0.428. The number of rotatable bonds is 2. The van der Waals surface area contributed by atoms with Crippen LogP contribution in [0.5, 0.6) is 0 Å². The van der Waals surface area contributed by atoms with Crippen LogP contribution < -0.4 is 0 Å². The van der Waals surface area contributed by atoms with Crippen LogP contribution >= 0.6 is 11.6 Å². The Hall–Kier alpha value is -1.35. The molecule has 0 heterocycles. The Morgan fingerprint density at radius 1 is 1.36 bits per heavy atom. The van der Waals surface area contributed by atoms with E-state index in [2.05, 4.69) is 4.74 Å². The van der Waals surface area contributed by atoms with Gasteiger partial charge >= 0.3 is 5.97 Å². The summed E-state index contributed by atoms with van der Waals surface area (Å²) in [6.45, 7) is 1.71. The predicted octanol–water partition coefficient (Wildman–Crippen LogP) is 2.00. The maximum absolute atomic E-state index is 11.4. The van der Waals surface area contributed by atoms with Crippen molar-refractivity contribution >= 4 is 23.4 Å². The highest BCUT2D eigenvalue weighted by Gasteiger charge is 2.18. The van der Waals surface area contributed by atoms with Gasteiger partial charge in [0.2, 0.25) is 0 Å². The maximum Gasteiger partial charge on any atom is 0.379 e. The first-order valence-electron chi connectivity index (χ1n) is 3.95. The van der Waals surface area contributed by atoms with Gasteiger partial charge in [0.05, 0.1) is 7.11 Å². The van der Waals surface area contributed by atoms with E-state index in [-0.39, 0.29) is 0 Å². The van der Waals surface area contributed by atoms with Crippen LogP contribution in [0.3, 0.4) is 0 Å². The minimum Gasteiger partial charge on any atom is -0.463 e. The standard InChI is InChI=1S/C10H9ClO3/c1-6-5-7(11)3-4-8(6)9(12)10(13)14-2/h3-5H,1-2H3. The summed E-state index contributed by atoms with van der Waals surface area (Å²) in [4.78, 5) is 22.3. The summed E-state index contributed by atoms with van der Waals surface area (Å²) < 4.78 is 4.33. The monoisotopic (exact) mass is 212 g/mol. The molecule has 0 N–H and O–H groups in total. The molecule has 74 valence electrons. The molecule has 0 fully saturated rings. The molecule has 14 heavy (non-hydrogen) atoms. The lowest BCUT2D eigenvalue weighted by Crippen LogP contribution is -2.16. The normalized spacial score (nSPS) is 9.64. The first-order valence-corrected chi connectivity index (χ1v) is 4.33. The molecule has 3 nitrogen and oxygen atoms in total. The van der Waals surface area contributed by atoms with Gasteiger partial charge in [0, 0.05) is 10.6 Å². The molecule has 0 radical (unpaired) electrons. The summed E-state index contributed by atoms with van der Waals surface area (Å²) in [7, 11) is 1.17. The topological polar surface area (TPSA) is 43.4 Å². The van der Waals surface area contributed by atoms with Gasteiger partial charge in [0.1, 0.15) is 0 Å². The number of aryl methyl sites for hydroxylation is 1. The van der Waals surface area contributed by atoms with Gasteiger partial charge < -0.3 is 4.74 Å². The Labute approximate surface area is 86.6 Å². The van der Waals surface area contributed by atoms with E-state index in [1.807, 2.05) is 0 Å². The summed E-state index contributed by atoms with van der Waals surface area (Å²) in [5.41, 5.74) is 0.981. The molecule has 0 saturated heterocycles. The molecule has 0 amide bonds. The molecule has 0 aromatic heterocycles. The van der Waals surface area contributed by atoms with Crippen LogP contribution in [0.1, 0.15) is 15.9 Å². The molecule has 0 aliphatic carbocycles. The van der Waals surface area contributed by atoms with Crippen molar-refractivity contribution in [3.05, 3.63) is 34.3 Å². The van der Waals surface area contributed by atoms with Crippen LogP contribution in [0.2, 0.25) is 5.02 Å². The Morgan fingerprint density at radius 3 is 2.50 bits per heavy atom. The fraction of sp³-hybridized carbons (Fsp3) is 0.200. The highest BCUT2D eigenvalue weighted by Crippen LogP contribution is 2.15. The molecule has 0 unspecified atom stereocenters. The zero-order valence-corrected chi connectivity index (χ0v) is 8.59. The number of hydrogen-bond donors (Lipinski definition) is 0. The van der Waals surface area contributed by atoms with Crippen LogP contribution in [0, 0.1) is 6.92 Å². The number of ether oxygens (including phenoxy) is 1. The van der Waals surface area contributed by atoms with Gasteiger partial charge in [0.25, 0.3) is 5.78 Å². The van der Waals surface area contributed by atoms with Crippen LogP contribution in [-0.2, 0) is 9.53 Å². The molecule has 1 aromatic rings. The fourth-order valence-corrected chi connectivity index (χ4v) is 1.31. The zero-order chi connectivity index (χ0) is 10.7. The number of esters is 1. The molecule has 0 atom stereocenters. The second kappa shape index (κ2) is 4.24. The Kier molecular flexibility index (Phi) is 3.25. The Balaban J connectivity index is 3.08. The zero-order valence-electron chi connectivity index (χ0n) is 7.83. The van der Waals surface area contributed by atoms with E-state index in [1.165, 1.54) is 13.2 Å². The van der Waals surface area contributed by atoms with Crippen molar-refractivity contribution in [3.8, 4) is 0 Å². The van der Waals surface area contributed by atoms with E-state index >= 15 is 0 Å². The SMILES string of the molecule is COC(=O)C(=O)c1ccc(Cl)cc1C. The summed E-state index contributed by atoms with van der Waals surface area (Å²) in [6, 6.07) is 4.69. The molecule has 1 rings (SSSR count). The third-order valence-electron chi connectivity index (χ3n) is 1.80. The minimum atomic E-state index is -0.865. The van der Waals surface area contributed by atoms with Gasteiger partial charge in [-0.05, 0) is 30.7 Å². The van der Waals surface area contributed by atoms with Gasteiger partial charge in [-0.15, -0.1) is 0 Å². The number of carbonyl (C=O) groups excluding carboxylic acids is 2. The second-order valence-corrected chi connectivity index (χ2v) is 3.22. The lowest BCUT2D eigenvalue weighted by atomic mass is 10.1. The number of Topliss-reactive ketones (excluding diaryl/α,β-unsaturated/α-hetero) is 1. The van der Waals surface area contributed by atoms with Gasteiger partial charge in [0.15, 0.2) is 0 Å². The minimum absolute atomic E-state index is 0.321. The van der Waals surface area contributed by atoms with Gasteiger partial charge in [-0.3, -0.25) is 4.79 Å². The van der Waals surface area contributed by atoms with Gasteiger partial charge in [-0.2, -0.15) is 0 Å². The van der Waals surface area contributed by atoms with Gasteiger partial charge in [-0.1, -0.05) is 11.6 Å². The lowest BCUT2D eigenvalue weighted by Gasteiger charge is -2.03. The van der Waals surface area contributed by atoms with Crippen LogP contribution in [0.15, 0.2) is 18.2 Å². The predicted molar refractivity (Wildman–Crippen MR) is 52.5 cm³/mol. The fourth-order valence-electron chi connectivity index (χ4n) is 1.08. The third kappa shape index (κ3) is 2.12. The molecule has 0 saturated carbocycles. The number of benzene rings is 1. The van der Waals surface area contributed by atoms with Crippen molar-refractivity contribution in [2.24, 2.45) is 0 Å². The second-order valence-electron chi connectivity index (χ2n) is 2.78. The molecule has 0 aliphatic heterocycles. The number of methoxy groups -OCH3 is 1. The van der Waals surface area contributed by atoms with Crippen LogP contribution in [0.4, 0.5) is 0 Å². The average molecular weight is 213 g/mol. The van der Waals surface area contributed by atoms with E-state index in [0.29, 0.717) is 16.1 Å². The van der Waals surface area contributed by atoms with E-state index in [0.717, 1.165) is 0 Å². The summed E-state index contributed by atoms with van der Waals surface area (Å²) >= 11 is 5.71. The maximum atomic E-state index is 11.4. The molecule has 0 spiro atoms. The van der Waals surface area contributed by atoms with Crippen molar-refractivity contribution in [2.45, 2.75) is 6.92 Å². The van der Waals surface area contributed by atoms with Crippen molar-refractivity contribution in [2.75, 3.05) is 7.11 Å². The van der Waals surface area contributed by atoms with Crippen LogP contribution in [-0.4, -0.2) is 18.9 Å².